The lowest BCUT2D eigenvalue weighted by molar-refractivity contribution is 0.385. The van der Waals surface area contributed by atoms with Crippen LogP contribution in [0, 0.1) is 5.82 Å². The summed E-state index contributed by atoms with van der Waals surface area (Å²) in [5.41, 5.74) is 0.288. The molecule has 0 bridgehead atoms. The maximum atomic E-state index is 13.8. The fraction of sp³-hybridized carbons (Fsp3) is 0.429. The minimum absolute atomic E-state index is 0.106. The first-order valence-electron chi connectivity index (χ1n) is 7.15. The van der Waals surface area contributed by atoms with Crippen LogP contribution in [0.25, 0.3) is 10.9 Å². The first-order valence-corrected chi connectivity index (χ1v) is 8.76. The van der Waals surface area contributed by atoms with Gasteiger partial charge in [0.15, 0.2) is 0 Å². The first-order chi connectivity index (χ1) is 10.5. The Bertz CT molecular complexity index is 789. The van der Waals surface area contributed by atoms with Gasteiger partial charge < -0.3 is 4.90 Å². The highest BCUT2D eigenvalue weighted by Gasteiger charge is 2.26. The second-order valence-electron chi connectivity index (χ2n) is 5.12. The van der Waals surface area contributed by atoms with Gasteiger partial charge in [-0.25, -0.2) is 22.8 Å². The molecule has 22 heavy (non-hydrogen) atoms. The van der Waals surface area contributed by atoms with Gasteiger partial charge in [-0.1, -0.05) is 6.07 Å². The van der Waals surface area contributed by atoms with Crippen LogP contribution < -0.4 is 4.90 Å². The van der Waals surface area contributed by atoms with Gasteiger partial charge in [-0.3, -0.25) is 0 Å². The largest absolute Gasteiger partial charge is 0.353 e. The summed E-state index contributed by atoms with van der Waals surface area (Å²) in [6, 6.07) is 4.77. The van der Waals surface area contributed by atoms with E-state index in [1.807, 2.05) is 4.90 Å². The third-order valence-corrected chi connectivity index (χ3v) is 5.77. The van der Waals surface area contributed by atoms with Crippen LogP contribution in [0.2, 0.25) is 0 Å². The molecular formula is C14H17FN4O2S. The summed E-state index contributed by atoms with van der Waals surface area (Å²) in [4.78, 5) is 10.2. The molecular weight excluding hydrogens is 307 g/mol. The van der Waals surface area contributed by atoms with Crippen molar-refractivity contribution in [1.29, 1.82) is 0 Å². The number of halogens is 1. The number of aromatic nitrogens is 2. The molecule has 0 N–H and O–H groups in total. The van der Waals surface area contributed by atoms with Crippen LogP contribution in [-0.4, -0.2) is 54.6 Å². The van der Waals surface area contributed by atoms with Gasteiger partial charge in [0.2, 0.25) is 10.0 Å². The first kappa shape index (κ1) is 15.1. The maximum absolute atomic E-state index is 13.8. The van der Waals surface area contributed by atoms with Gasteiger partial charge in [-0.15, -0.1) is 0 Å². The molecule has 118 valence electrons. The highest BCUT2D eigenvalue weighted by atomic mass is 32.2. The van der Waals surface area contributed by atoms with Crippen LogP contribution in [0.4, 0.5) is 10.2 Å². The zero-order valence-corrected chi connectivity index (χ0v) is 13.1. The Labute approximate surface area is 128 Å². The lowest BCUT2D eigenvalue weighted by Gasteiger charge is -2.34. The Morgan fingerprint density at radius 3 is 2.59 bits per heavy atom. The number of sulfonamides is 1. The van der Waals surface area contributed by atoms with Crippen molar-refractivity contribution in [2.24, 2.45) is 0 Å². The second-order valence-corrected chi connectivity index (χ2v) is 7.38. The molecule has 1 fully saturated rings. The van der Waals surface area contributed by atoms with E-state index in [1.165, 1.54) is 16.7 Å². The van der Waals surface area contributed by atoms with Crippen LogP contribution in [0.15, 0.2) is 24.5 Å². The summed E-state index contributed by atoms with van der Waals surface area (Å²) in [5.74, 6) is 0.376. The lowest BCUT2D eigenvalue weighted by atomic mass is 10.2. The molecule has 2 aromatic rings. The average molecular weight is 324 g/mol. The van der Waals surface area contributed by atoms with E-state index in [0.29, 0.717) is 37.4 Å². The van der Waals surface area contributed by atoms with Gasteiger partial charge in [-0.05, 0) is 19.1 Å². The molecule has 0 aliphatic carbocycles. The predicted octanol–water partition coefficient (Wildman–Crippen LogP) is 1.24. The van der Waals surface area contributed by atoms with Gasteiger partial charge in [0.05, 0.1) is 5.75 Å². The van der Waals surface area contributed by atoms with E-state index in [4.69, 9.17) is 0 Å². The molecule has 3 rings (SSSR count). The fourth-order valence-corrected chi connectivity index (χ4v) is 3.74. The van der Waals surface area contributed by atoms with Crippen LogP contribution in [0.5, 0.6) is 0 Å². The van der Waals surface area contributed by atoms with Crippen molar-refractivity contribution in [3.8, 4) is 0 Å². The Balaban J connectivity index is 1.87. The molecule has 0 amide bonds. The molecule has 2 heterocycles. The Morgan fingerprint density at radius 2 is 1.91 bits per heavy atom. The summed E-state index contributed by atoms with van der Waals surface area (Å²) in [5, 5.41) is 0.647. The van der Waals surface area contributed by atoms with Crippen LogP contribution >= 0.6 is 0 Å². The van der Waals surface area contributed by atoms with E-state index in [-0.39, 0.29) is 17.1 Å². The molecule has 0 atom stereocenters. The quantitative estimate of drug-likeness (QED) is 0.850. The number of nitrogens with zero attached hydrogens (tertiary/aromatic N) is 4. The third-order valence-electron chi connectivity index (χ3n) is 3.89. The summed E-state index contributed by atoms with van der Waals surface area (Å²) >= 11 is 0. The number of para-hydroxylation sites is 1. The number of benzene rings is 1. The van der Waals surface area contributed by atoms with Crippen molar-refractivity contribution in [2.75, 3.05) is 36.8 Å². The molecule has 1 aliphatic rings. The zero-order chi connectivity index (χ0) is 15.7. The molecule has 6 nitrogen and oxygen atoms in total. The zero-order valence-electron chi connectivity index (χ0n) is 12.2. The van der Waals surface area contributed by atoms with Gasteiger partial charge in [-0.2, -0.15) is 4.31 Å². The van der Waals surface area contributed by atoms with E-state index >= 15 is 0 Å². The second kappa shape index (κ2) is 5.77. The minimum Gasteiger partial charge on any atom is -0.353 e. The van der Waals surface area contributed by atoms with Gasteiger partial charge in [0, 0.05) is 31.6 Å². The third kappa shape index (κ3) is 2.64. The molecule has 8 heteroatoms. The molecule has 0 saturated carbocycles. The predicted molar refractivity (Wildman–Crippen MR) is 82.7 cm³/mol. The molecule has 1 aromatic carbocycles. The number of anilines is 1. The Kier molecular flexibility index (Phi) is 3.96. The number of piperazine rings is 1. The Morgan fingerprint density at radius 1 is 1.18 bits per heavy atom. The van der Waals surface area contributed by atoms with Crippen molar-refractivity contribution < 1.29 is 12.8 Å². The fourth-order valence-electron chi connectivity index (χ4n) is 2.65. The maximum Gasteiger partial charge on any atom is 0.213 e. The number of fused-ring (bicyclic) bond motifs is 1. The van der Waals surface area contributed by atoms with Crippen molar-refractivity contribution in [2.45, 2.75) is 6.92 Å². The van der Waals surface area contributed by atoms with Crippen molar-refractivity contribution in [3.63, 3.8) is 0 Å². The summed E-state index contributed by atoms with van der Waals surface area (Å²) in [6.07, 6.45) is 1.34. The number of hydrogen-bond donors (Lipinski definition) is 0. The molecule has 0 radical (unpaired) electrons. The SMILES string of the molecule is CCS(=O)(=O)N1CCN(c2ncnc3c(F)cccc23)CC1. The lowest BCUT2D eigenvalue weighted by Crippen LogP contribution is -2.49. The van der Waals surface area contributed by atoms with Crippen molar-refractivity contribution in [3.05, 3.63) is 30.3 Å². The molecule has 1 saturated heterocycles. The van der Waals surface area contributed by atoms with Crippen LogP contribution in [0.1, 0.15) is 6.92 Å². The van der Waals surface area contributed by atoms with Gasteiger partial charge >= 0.3 is 0 Å². The summed E-state index contributed by atoms with van der Waals surface area (Å²) < 4.78 is 39.1. The monoisotopic (exact) mass is 324 g/mol. The summed E-state index contributed by atoms with van der Waals surface area (Å²) in [6.45, 7) is 3.53. The highest BCUT2D eigenvalue weighted by Crippen LogP contribution is 2.25. The summed E-state index contributed by atoms with van der Waals surface area (Å²) in [7, 11) is -3.16. The van der Waals surface area contributed by atoms with Gasteiger partial charge in [0.25, 0.3) is 0 Å². The molecule has 1 aliphatic heterocycles. The Hall–Kier alpha value is -1.80. The van der Waals surface area contributed by atoms with Crippen molar-refractivity contribution >= 4 is 26.7 Å². The minimum atomic E-state index is -3.16. The van der Waals surface area contributed by atoms with E-state index in [2.05, 4.69) is 9.97 Å². The van der Waals surface area contributed by atoms with E-state index in [1.54, 1.807) is 19.1 Å². The number of hydrogen-bond acceptors (Lipinski definition) is 5. The van der Waals surface area contributed by atoms with Gasteiger partial charge in [0.1, 0.15) is 23.5 Å². The standard InChI is InChI=1S/C14H17FN4O2S/c1-2-22(20,21)19-8-6-18(7-9-19)14-11-4-3-5-12(15)13(11)16-10-17-14/h3-5,10H,2,6-9H2,1H3. The van der Waals surface area contributed by atoms with Crippen LogP contribution in [0.3, 0.4) is 0 Å². The van der Waals surface area contributed by atoms with E-state index < -0.39 is 10.0 Å². The van der Waals surface area contributed by atoms with Crippen LogP contribution in [-0.2, 0) is 10.0 Å². The molecule has 1 aromatic heterocycles. The topological polar surface area (TPSA) is 66.4 Å². The smallest absolute Gasteiger partial charge is 0.213 e. The molecule has 0 spiro atoms. The van der Waals surface area contributed by atoms with E-state index in [0.717, 1.165) is 0 Å². The number of rotatable bonds is 3. The van der Waals surface area contributed by atoms with Crippen molar-refractivity contribution in [1.82, 2.24) is 14.3 Å². The highest BCUT2D eigenvalue weighted by molar-refractivity contribution is 7.89. The normalized spacial score (nSPS) is 17.1. The van der Waals surface area contributed by atoms with E-state index in [9.17, 15) is 12.8 Å². The average Bonchev–Trinajstić information content (AvgIpc) is 2.55. The molecule has 0 unspecified atom stereocenters.